The largest absolute Gasteiger partial charge is 0.385 e. The van der Waals surface area contributed by atoms with Gasteiger partial charge in [0.2, 0.25) is 0 Å². The predicted octanol–water partition coefficient (Wildman–Crippen LogP) is 2.19. The third kappa shape index (κ3) is 6.62. The van der Waals surface area contributed by atoms with E-state index in [9.17, 15) is 0 Å². The van der Waals surface area contributed by atoms with Crippen LogP contribution in [0.2, 0.25) is 0 Å². The second-order valence-corrected chi connectivity index (χ2v) is 3.22. The Morgan fingerprint density at radius 1 is 1.17 bits per heavy atom. The highest BCUT2D eigenvalue weighted by Crippen LogP contribution is 2.01. The van der Waals surface area contributed by atoms with E-state index in [4.69, 9.17) is 4.74 Å². The van der Waals surface area contributed by atoms with Gasteiger partial charge in [-0.25, -0.2) is 0 Å². The van der Waals surface area contributed by atoms with Crippen LogP contribution >= 0.6 is 0 Å². The van der Waals surface area contributed by atoms with Crippen LogP contribution in [-0.4, -0.2) is 26.3 Å². The number of ether oxygens (including phenoxy) is 1. The lowest BCUT2D eigenvalue weighted by Gasteiger charge is -2.16. The van der Waals surface area contributed by atoms with Gasteiger partial charge in [-0.3, -0.25) is 0 Å². The predicted molar refractivity (Wildman–Crippen MR) is 53.5 cm³/mol. The van der Waals surface area contributed by atoms with Crippen molar-refractivity contribution in [3.63, 3.8) is 0 Å². The summed E-state index contributed by atoms with van der Waals surface area (Å²) >= 11 is 0. The lowest BCUT2D eigenvalue weighted by molar-refractivity contribution is 0.181. The minimum atomic E-state index is 0.662. The van der Waals surface area contributed by atoms with Crippen LogP contribution in [0.3, 0.4) is 0 Å². The molecule has 0 aromatic rings. The van der Waals surface area contributed by atoms with Gasteiger partial charge in [-0.2, -0.15) is 0 Å². The van der Waals surface area contributed by atoms with Gasteiger partial charge in [0.25, 0.3) is 0 Å². The molecule has 1 N–H and O–H groups in total. The van der Waals surface area contributed by atoms with E-state index in [0.717, 1.165) is 19.6 Å². The van der Waals surface area contributed by atoms with Crippen molar-refractivity contribution in [2.45, 2.75) is 45.6 Å². The fourth-order valence-corrected chi connectivity index (χ4v) is 1.31. The summed E-state index contributed by atoms with van der Waals surface area (Å²) < 4.78 is 5.06. The molecule has 0 rings (SSSR count). The molecule has 0 radical (unpaired) electrons. The summed E-state index contributed by atoms with van der Waals surface area (Å²) in [7, 11) is 1.77. The van der Waals surface area contributed by atoms with Gasteiger partial charge in [0, 0.05) is 19.8 Å². The first-order chi connectivity index (χ1) is 5.85. The standard InChI is InChI=1S/C10H23NO/c1-4-6-10(7-9-12-3)11-8-5-2/h10-11H,4-9H2,1-3H3. The summed E-state index contributed by atoms with van der Waals surface area (Å²) in [5.41, 5.74) is 0. The maximum atomic E-state index is 5.06. The molecule has 0 saturated carbocycles. The molecule has 2 nitrogen and oxygen atoms in total. The highest BCUT2D eigenvalue weighted by Gasteiger charge is 2.04. The second kappa shape index (κ2) is 9.01. The first-order valence-corrected chi connectivity index (χ1v) is 5.07. The Morgan fingerprint density at radius 3 is 2.42 bits per heavy atom. The van der Waals surface area contributed by atoms with Crippen LogP contribution in [0.1, 0.15) is 39.5 Å². The number of hydrogen-bond donors (Lipinski definition) is 1. The quantitative estimate of drug-likeness (QED) is 0.607. The summed E-state index contributed by atoms with van der Waals surface area (Å²) in [6, 6.07) is 0.662. The third-order valence-corrected chi connectivity index (χ3v) is 1.99. The topological polar surface area (TPSA) is 21.3 Å². The second-order valence-electron chi connectivity index (χ2n) is 3.22. The average Bonchev–Trinajstić information content (AvgIpc) is 2.10. The van der Waals surface area contributed by atoms with E-state index in [0.29, 0.717) is 6.04 Å². The lowest BCUT2D eigenvalue weighted by atomic mass is 10.1. The van der Waals surface area contributed by atoms with E-state index in [1.54, 1.807) is 7.11 Å². The van der Waals surface area contributed by atoms with Crippen LogP contribution < -0.4 is 5.32 Å². The third-order valence-electron chi connectivity index (χ3n) is 1.99. The fraction of sp³-hybridized carbons (Fsp3) is 1.00. The molecule has 1 unspecified atom stereocenters. The van der Waals surface area contributed by atoms with Gasteiger partial charge in [-0.1, -0.05) is 20.3 Å². The molecule has 0 aliphatic carbocycles. The highest BCUT2D eigenvalue weighted by molar-refractivity contribution is 4.65. The zero-order valence-corrected chi connectivity index (χ0v) is 8.73. The van der Waals surface area contributed by atoms with Crippen LogP contribution in [0, 0.1) is 0 Å². The molecule has 0 heterocycles. The maximum Gasteiger partial charge on any atom is 0.0477 e. The summed E-state index contributed by atoms with van der Waals surface area (Å²) in [6.07, 6.45) is 4.88. The van der Waals surface area contributed by atoms with E-state index in [-0.39, 0.29) is 0 Å². The Kier molecular flexibility index (Phi) is 8.95. The van der Waals surface area contributed by atoms with Crippen LogP contribution in [0.15, 0.2) is 0 Å². The molecular formula is C10H23NO. The van der Waals surface area contributed by atoms with Crippen molar-refractivity contribution in [1.82, 2.24) is 5.32 Å². The summed E-state index contributed by atoms with van der Waals surface area (Å²) in [4.78, 5) is 0. The summed E-state index contributed by atoms with van der Waals surface area (Å²) in [5, 5.41) is 3.53. The SMILES string of the molecule is CCCNC(CCC)CCOC. The van der Waals surface area contributed by atoms with Crippen molar-refractivity contribution >= 4 is 0 Å². The fourth-order valence-electron chi connectivity index (χ4n) is 1.31. The first-order valence-electron chi connectivity index (χ1n) is 5.07. The summed E-state index contributed by atoms with van der Waals surface area (Å²) in [5.74, 6) is 0. The zero-order valence-electron chi connectivity index (χ0n) is 8.73. The highest BCUT2D eigenvalue weighted by atomic mass is 16.5. The van der Waals surface area contributed by atoms with Gasteiger partial charge in [-0.15, -0.1) is 0 Å². The molecule has 74 valence electrons. The molecule has 0 amide bonds. The van der Waals surface area contributed by atoms with E-state index >= 15 is 0 Å². The van der Waals surface area contributed by atoms with Crippen molar-refractivity contribution in [3.8, 4) is 0 Å². The van der Waals surface area contributed by atoms with E-state index in [1.165, 1.54) is 19.3 Å². The van der Waals surface area contributed by atoms with E-state index in [2.05, 4.69) is 19.2 Å². The van der Waals surface area contributed by atoms with E-state index in [1.807, 2.05) is 0 Å². The lowest BCUT2D eigenvalue weighted by Crippen LogP contribution is -2.30. The Labute approximate surface area is 76.7 Å². The molecule has 1 atom stereocenters. The number of methoxy groups -OCH3 is 1. The first kappa shape index (κ1) is 11.9. The maximum absolute atomic E-state index is 5.06. The van der Waals surface area contributed by atoms with Gasteiger partial charge in [0.15, 0.2) is 0 Å². The van der Waals surface area contributed by atoms with Gasteiger partial charge >= 0.3 is 0 Å². The normalized spacial score (nSPS) is 13.2. The molecule has 0 fully saturated rings. The van der Waals surface area contributed by atoms with Gasteiger partial charge in [0.1, 0.15) is 0 Å². The smallest absolute Gasteiger partial charge is 0.0477 e. The number of hydrogen-bond acceptors (Lipinski definition) is 2. The van der Waals surface area contributed by atoms with Crippen LogP contribution in [0.4, 0.5) is 0 Å². The molecule has 0 saturated heterocycles. The van der Waals surface area contributed by atoms with Crippen molar-refractivity contribution in [3.05, 3.63) is 0 Å². The van der Waals surface area contributed by atoms with Crippen molar-refractivity contribution in [2.75, 3.05) is 20.3 Å². The van der Waals surface area contributed by atoms with Crippen molar-refractivity contribution < 1.29 is 4.74 Å². The number of rotatable bonds is 8. The van der Waals surface area contributed by atoms with Crippen LogP contribution in [-0.2, 0) is 4.74 Å². The molecule has 0 aliphatic heterocycles. The molecule has 2 heteroatoms. The van der Waals surface area contributed by atoms with Gasteiger partial charge in [0.05, 0.1) is 0 Å². The molecule has 0 aromatic carbocycles. The Bertz CT molecular complexity index is 77.9. The van der Waals surface area contributed by atoms with Gasteiger partial charge in [-0.05, 0) is 25.8 Å². The monoisotopic (exact) mass is 173 g/mol. The molecule has 0 aromatic heterocycles. The Hall–Kier alpha value is -0.0800. The van der Waals surface area contributed by atoms with Crippen molar-refractivity contribution in [2.24, 2.45) is 0 Å². The Morgan fingerprint density at radius 2 is 1.92 bits per heavy atom. The molecule has 0 bridgehead atoms. The molecule has 0 spiro atoms. The number of nitrogens with one attached hydrogen (secondary N) is 1. The minimum Gasteiger partial charge on any atom is -0.385 e. The summed E-state index contributed by atoms with van der Waals surface area (Å²) in [6.45, 7) is 6.44. The molecule has 12 heavy (non-hydrogen) atoms. The van der Waals surface area contributed by atoms with E-state index < -0.39 is 0 Å². The average molecular weight is 173 g/mol. The molecule has 0 aliphatic rings. The minimum absolute atomic E-state index is 0.662. The van der Waals surface area contributed by atoms with Crippen molar-refractivity contribution in [1.29, 1.82) is 0 Å². The molecular weight excluding hydrogens is 150 g/mol. The van der Waals surface area contributed by atoms with Crippen LogP contribution in [0.25, 0.3) is 0 Å². The van der Waals surface area contributed by atoms with Crippen LogP contribution in [0.5, 0.6) is 0 Å². The van der Waals surface area contributed by atoms with Gasteiger partial charge < -0.3 is 10.1 Å². The zero-order chi connectivity index (χ0) is 9.23. The Balaban J connectivity index is 3.40.